The number of rotatable bonds is 5. The van der Waals surface area contributed by atoms with Gasteiger partial charge in [-0.2, -0.15) is 0 Å². The van der Waals surface area contributed by atoms with Crippen molar-refractivity contribution in [3.63, 3.8) is 0 Å². The number of carbonyl (C=O) groups is 1. The Morgan fingerprint density at radius 1 is 1.40 bits per heavy atom. The first kappa shape index (κ1) is 14.1. The van der Waals surface area contributed by atoms with E-state index >= 15 is 0 Å². The van der Waals surface area contributed by atoms with Gasteiger partial charge >= 0.3 is 5.97 Å². The zero-order chi connectivity index (χ0) is 14.5. The molecular weight excluding hydrogens is 258 g/mol. The smallest absolute Gasteiger partial charge is 0.306 e. The van der Waals surface area contributed by atoms with E-state index in [-0.39, 0.29) is 24.1 Å². The molecule has 2 aromatic rings. The average Bonchev–Trinajstić information content (AvgIpc) is 2.84. The van der Waals surface area contributed by atoms with Crippen LogP contribution in [0.15, 0.2) is 34.9 Å². The molecule has 1 N–H and O–H groups in total. The number of hydrogen-bond acceptors (Lipinski definition) is 5. The standard InChI is InChI=1S/C15H17NO4/c1-3-19-14(18)8-13(15-16-9-10(2)20-15)11-4-6-12(17)7-5-11/h4-7,9,13,17H,3,8H2,1-2H3/t13-/m0/s1. The number of phenolic OH excluding ortho intramolecular Hbond substituents is 1. The molecule has 0 aliphatic heterocycles. The lowest BCUT2D eigenvalue weighted by Gasteiger charge is -2.13. The number of aryl methyl sites for hydroxylation is 1. The summed E-state index contributed by atoms with van der Waals surface area (Å²) >= 11 is 0. The van der Waals surface area contributed by atoms with Crippen molar-refractivity contribution in [1.82, 2.24) is 4.98 Å². The lowest BCUT2D eigenvalue weighted by atomic mass is 9.95. The van der Waals surface area contributed by atoms with Crippen LogP contribution in [0.4, 0.5) is 0 Å². The molecule has 0 aliphatic rings. The minimum absolute atomic E-state index is 0.151. The Hall–Kier alpha value is -2.30. The third-order valence-electron chi connectivity index (χ3n) is 2.91. The Bertz CT molecular complexity index is 574. The van der Waals surface area contributed by atoms with Crippen LogP contribution in [0.5, 0.6) is 5.75 Å². The van der Waals surface area contributed by atoms with Crippen molar-refractivity contribution in [3.05, 3.63) is 47.7 Å². The molecule has 106 valence electrons. The van der Waals surface area contributed by atoms with Gasteiger partial charge in [0, 0.05) is 0 Å². The summed E-state index contributed by atoms with van der Waals surface area (Å²) in [4.78, 5) is 15.9. The summed E-state index contributed by atoms with van der Waals surface area (Å²) in [5.74, 6) is 0.714. The molecule has 0 unspecified atom stereocenters. The molecule has 0 spiro atoms. The molecule has 5 nitrogen and oxygen atoms in total. The third-order valence-corrected chi connectivity index (χ3v) is 2.91. The molecule has 1 atom stereocenters. The van der Waals surface area contributed by atoms with Gasteiger partial charge in [0.1, 0.15) is 11.5 Å². The normalized spacial score (nSPS) is 12.1. The van der Waals surface area contributed by atoms with Crippen molar-refractivity contribution in [2.45, 2.75) is 26.2 Å². The Labute approximate surface area is 117 Å². The van der Waals surface area contributed by atoms with Crippen molar-refractivity contribution in [2.24, 2.45) is 0 Å². The number of esters is 1. The monoisotopic (exact) mass is 275 g/mol. The fourth-order valence-electron chi connectivity index (χ4n) is 1.97. The second kappa shape index (κ2) is 6.23. The van der Waals surface area contributed by atoms with Crippen LogP contribution >= 0.6 is 0 Å². The van der Waals surface area contributed by atoms with Gasteiger partial charge in [-0.3, -0.25) is 4.79 Å². The van der Waals surface area contributed by atoms with E-state index in [4.69, 9.17) is 9.15 Å². The minimum Gasteiger partial charge on any atom is -0.508 e. The fourth-order valence-corrected chi connectivity index (χ4v) is 1.97. The van der Waals surface area contributed by atoms with Gasteiger partial charge in [-0.05, 0) is 31.5 Å². The summed E-state index contributed by atoms with van der Waals surface area (Å²) in [5.41, 5.74) is 0.845. The molecule has 1 aromatic heterocycles. The van der Waals surface area contributed by atoms with Crippen LogP contribution in [-0.4, -0.2) is 22.7 Å². The lowest BCUT2D eigenvalue weighted by Crippen LogP contribution is -2.12. The molecule has 5 heteroatoms. The number of benzene rings is 1. The van der Waals surface area contributed by atoms with Crippen LogP contribution in [0.2, 0.25) is 0 Å². The van der Waals surface area contributed by atoms with Crippen molar-refractivity contribution in [1.29, 1.82) is 0 Å². The number of carbonyl (C=O) groups excluding carboxylic acids is 1. The van der Waals surface area contributed by atoms with Gasteiger partial charge in [-0.1, -0.05) is 12.1 Å². The molecule has 0 fully saturated rings. The van der Waals surface area contributed by atoms with Gasteiger partial charge in [0.25, 0.3) is 0 Å². The number of oxazole rings is 1. The molecule has 1 aromatic carbocycles. The van der Waals surface area contributed by atoms with Crippen LogP contribution in [0.1, 0.15) is 36.5 Å². The first-order valence-electron chi connectivity index (χ1n) is 6.47. The van der Waals surface area contributed by atoms with E-state index in [0.29, 0.717) is 18.3 Å². The molecule has 1 heterocycles. The first-order chi connectivity index (χ1) is 9.60. The Morgan fingerprint density at radius 2 is 2.10 bits per heavy atom. The molecule has 2 rings (SSSR count). The molecule has 0 amide bonds. The van der Waals surface area contributed by atoms with Gasteiger partial charge in [0.05, 0.1) is 25.1 Å². The number of phenols is 1. The van der Waals surface area contributed by atoms with E-state index in [2.05, 4.69) is 4.98 Å². The number of aromatic nitrogens is 1. The maximum atomic E-state index is 11.7. The van der Waals surface area contributed by atoms with Crippen molar-refractivity contribution < 1.29 is 19.1 Å². The maximum absolute atomic E-state index is 11.7. The third kappa shape index (κ3) is 3.38. The second-order valence-electron chi connectivity index (χ2n) is 4.46. The zero-order valence-electron chi connectivity index (χ0n) is 11.5. The average molecular weight is 275 g/mol. The summed E-state index contributed by atoms with van der Waals surface area (Å²) in [6, 6.07) is 6.64. The quantitative estimate of drug-likeness (QED) is 0.849. The minimum atomic E-state index is -0.316. The SMILES string of the molecule is CCOC(=O)C[C@@H](c1ccc(O)cc1)c1ncc(C)o1. The van der Waals surface area contributed by atoms with E-state index < -0.39 is 0 Å². The van der Waals surface area contributed by atoms with Gasteiger partial charge < -0.3 is 14.3 Å². The Kier molecular flexibility index (Phi) is 4.40. The van der Waals surface area contributed by atoms with E-state index in [1.807, 2.05) is 0 Å². The van der Waals surface area contributed by atoms with Crippen LogP contribution in [0, 0.1) is 6.92 Å². The largest absolute Gasteiger partial charge is 0.508 e. The highest BCUT2D eigenvalue weighted by Crippen LogP contribution is 2.29. The lowest BCUT2D eigenvalue weighted by molar-refractivity contribution is -0.143. The molecular formula is C15H17NO4. The maximum Gasteiger partial charge on any atom is 0.306 e. The predicted octanol–water partition coefficient (Wildman–Crippen LogP) is 2.77. The van der Waals surface area contributed by atoms with Crippen LogP contribution in [0.25, 0.3) is 0 Å². The number of aromatic hydroxyl groups is 1. The highest BCUT2D eigenvalue weighted by molar-refractivity contribution is 5.71. The fraction of sp³-hybridized carbons (Fsp3) is 0.333. The summed E-state index contributed by atoms with van der Waals surface area (Å²) in [6.07, 6.45) is 1.77. The first-order valence-corrected chi connectivity index (χ1v) is 6.47. The molecule has 0 saturated carbocycles. The van der Waals surface area contributed by atoms with Gasteiger partial charge in [0.15, 0.2) is 0 Å². The second-order valence-corrected chi connectivity index (χ2v) is 4.46. The topological polar surface area (TPSA) is 72.6 Å². The molecule has 0 radical (unpaired) electrons. The van der Waals surface area contributed by atoms with Crippen LogP contribution < -0.4 is 0 Å². The summed E-state index contributed by atoms with van der Waals surface area (Å²) < 4.78 is 10.5. The number of hydrogen-bond donors (Lipinski definition) is 1. The van der Waals surface area contributed by atoms with Crippen LogP contribution in [0.3, 0.4) is 0 Å². The molecule has 0 saturated heterocycles. The number of ether oxygens (including phenoxy) is 1. The summed E-state index contributed by atoms with van der Waals surface area (Å²) in [7, 11) is 0. The number of nitrogens with zero attached hydrogens (tertiary/aromatic N) is 1. The highest BCUT2D eigenvalue weighted by Gasteiger charge is 2.23. The van der Waals surface area contributed by atoms with E-state index in [9.17, 15) is 9.90 Å². The van der Waals surface area contributed by atoms with Gasteiger partial charge in [0.2, 0.25) is 5.89 Å². The zero-order valence-corrected chi connectivity index (χ0v) is 11.5. The summed E-state index contributed by atoms with van der Waals surface area (Å²) in [6.45, 7) is 3.91. The van der Waals surface area contributed by atoms with E-state index in [1.54, 1.807) is 44.3 Å². The summed E-state index contributed by atoms with van der Waals surface area (Å²) in [5, 5.41) is 9.35. The Morgan fingerprint density at radius 3 is 2.65 bits per heavy atom. The molecule has 0 aliphatic carbocycles. The van der Waals surface area contributed by atoms with E-state index in [0.717, 1.165) is 5.56 Å². The van der Waals surface area contributed by atoms with Crippen molar-refractivity contribution in [2.75, 3.05) is 6.61 Å². The van der Waals surface area contributed by atoms with Crippen molar-refractivity contribution >= 4 is 5.97 Å². The Balaban J connectivity index is 2.28. The van der Waals surface area contributed by atoms with Gasteiger partial charge in [-0.25, -0.2) is 4.98 Å². The van der Waals surface area contributed by atoms with Crippen LogP contribution in [-0.2, 0) is 9.53 Å². The van der Waals surface area contributed by atoms with Gasteiger partial charge in [-0.15, -0.1) is 0 Å². The van der Waals surface area contributed by atoms with E-state index in [1.165, 1.54) is 0 Å². The van der Waals surface area contributed by atoms with Crippen molar-refractivity contribution in [3.8, 4) is 5.75 Å². The highest BCUT2D eigenvalue weighted by atomic mass is 16.5. The molecule has 20 heavy (non-hydrogen) atoms. The predicted molar refractivity (Wildman–Crippen MR) is 72.4 cm³/mol. The molecule has 0 bridgehead atoms.